The van der Waals surface area contributed by atoms with Gasteiger partial charge >= 0.3 is 0 Å². The molecule has 0 saturated heterocycles. The minimum atomic E-state index is -0.289. The van der Waals surface area contributed by atoms with Crippen LogP contribution >= 0.6 is 0 Å². The Morgan fingerprint density at radius 2 is 1.75 bits per heavy atom. The Kier molecular flexibility index (Phi) is 5.37. The molecular formula is C14H22N4O2. The first-order valence-electron chi connectivity index (χ1n) is 6.58. The topological polar surface area (TPSA) is 92.7 Å². The summed E-state index contributed by atoms with van der Waals surface area (Å²) < 4.78 is 0. The summed E-state index contributed by atoms with van der Waals surface area (Å²) in [7, 11) is 1.58. The second-order valence-corrected chi connectivity index (χ2v) is 4.57. The van der Waals surface area contributed by atoms with Gasteiger partial charge in [0, 0.05) is 31.5 Å². The largest absolute Gasteiger partial charge is 0.399 e. The van der Waals surface area contributed by atoms with Crippen LogP contribution in [-0.4, -0.2) is 48.3 Å². The molecule has 0 bridgehead atoms. The van der Waals surface area contributed by atoms with E-state index in [-0.39, 0.29) is 18.4 Å². The zero-order valence-electron chi connectivity index (χ0n) is 12.2. The number of anilines is 2. The number of nitrogens with two attached hydrogens (primary N) is 2. The number of carbonyl (C=O) groups is 2. The summed E-state index contributed by atoms with van der Waals surface area (Å²) >= 11 is 0. The van der Waals surface area contributed by atoms with Crippen LogP contribution in [0, 0.1) is 0 Å². The highest BCUT2D eigenvalue weighted by Crippen LogP contribution is 2.17. The molecule has 1 aromatic carbocycles. The molecule has 0 atom stereocenters. The van der Waals surface area contributed by atoms with Crippen molar-refractivity contribution in [3.05, 3.63) is 23.8 Å². The lowest BCUT2D eigenvalue weighted by Gasteiger charge is -2.23. The van der Waals surface area contributed by atoms with Gasteiger partial charge in [0.15, 0.2) is 0 Å². The fourth-order valence-electron chi connectivity index (χ4n) is 1.93. The first-order chi connectivity index (χ1) is 9.40. The van der Waals surface area contributed by atoms with Crippen LogP contribution in [0.3, 0.4) is 0 Å². The van der Waals surface area contributed by atoms with Crippen LogP contribution in [-0.2, 0) is 4.79 Å². The maximum Gasteiger partial charge on any atom is 0.256 e. The Labute approximate surface area is 119 Å². The van der Waals surface area contributed by atoms with Gasteiger partial charge in [0.05, 0.1) is 12.1 Å². The van der Waals surface area contributed by atoms with Crippen molar-refractivity contribution >= 4 is 23.2 Å². The number of nitrogen functional groups attached to an aromatic ring is 2. The number of likely N-dealkylation sites (N-methyl/N-ethyl adjacent to an activating group) is 2. The molecule has 0 saturated carbocycles. The van der Waals surface area contributed by atoms with Gasteiger partial charge in [0.25, 0.3) is 5.91 Å². The van der Waals surface area contributed by atoms with Gasteiger partial charge in [-0.1, -0.05) is 0 Å². The molecule has 1 rings (SSSR count). The maximum absolute atomic E-state index is 12.2. The fraction of sp³-hybridized carbons (Fsp3) is 0.429. The first-order valence-corrected chi connectivity index (χ1v) is 6.58. The van der Waals surface area contributed by atoms with Crippen LogP contribution in [0.1, 0.15) is 24.2 Å². The Morgan fingerprint density at radius 1 is 1.15 bits per heavy atom. The molecule has 20 heavy (non-hydrogen) atoms. The minimum Gasteiger partial charge on any atom is -0.399 e. The molecule has 0 fully saturated rings. The Bertz CT molecular complexity index is 498. The van der Waals surface area contributed by atoms with Crippen LogP contribution in [0.15, 0.2) is 18.2 Å². The third-order valence-electron chi connectivity index (χ3n) is 3.14. The van der Waals surface area contributed by atoms with E-state index >= 15 is 0 Å². The molecule has 0 radical (unpaired) electrons. The van der Waals surface area contributed by atoms with Gasteiger partial charge in [-0.05, 0) is 32.0 Å². The summed E-state index contributed by atoms with van der Waals surface area (Å²) in [6.45, 7) is 5.09. The van der Waals surface area contributed by atoms with E-state index in [1.165, 1.54) is 11.0 Å². The van der Waals surface area contributed by atoms with E-state index < -0.39 is 0 Å². The predicted octanol–water partition coefficient (Wildman–Crippen LogP) is 0.791. The van der Waals surface area contributed by atoms with E-state index in [9.17, 15) is 9.59 Å². The summed E-state index contributed by atoms with van der Waals surface area (Å²) in [5, 5.41) is 0. The molecule has 0 aliphatic heterocycles. The quantitative estimate of drug-likeness (QED) is 0.779. The molecule has 0 aromatic heterocycles. The molecule has 2 amide bonds. The number of nitrogens with zero attached hydrogens (tertiary/aromatic N) is 2. The van der Waals surface area contributed by atoms with Crippen molar-refractivity contribution in [3.8, 4) is 0 Å². The standard InChI is InChI=1S/C14H22N4O2/c1-4-18(5-2)13(19)9-17(3)14(20)11-7-6-10(15)8-12(11)16/h6-8H,4-5,9,15-16H2,1-3H3. The molecule has 0 unspecified atom stereocenters. The molecule has 0 spiro atoms. The second-order valence-electron chi connectivity index (χ2n) is 4.57. The number of benzene rings is 1. The number of hydrogen-bond donors (Lipinski definition) is 2. The van der Waals surface area contributed by atoms with Gasteiger partial charge in [-0.3, -0.25) is 9.59 Å². The molecule has 4 N–H and O–H groups in total. The van der Waals surface area contributed by atoms with Gasteiger partial charge in [-0.2, -0.15) is 0 Å². The van der Waals surface area contributed by atoms with Crippen LogP contribution in [0.5, 0.6) is 0 Å². The number of amides is 2. The Morgan fingerprint density at radius 3 is 2.25 bits per heavy atom. The first kappa shape index (κ1) is 15.8. The average Bonchev–Trinajstić information content (AvgIpc) is 2.39. The van der Waals surface area contributed by atoms with Crippen molar-refractivity contribution in [2.75, 3.05) is 38.1 Å². The third-order valence-corrected chi connectivity index (χ3v) is 3.14. The molecule has 0 aliphatic rings. The van der Waals surface area contributed by atoms with Crippen LogP contribution in [0.4, 0.5) is 11.4 Å². The average molecular weight is 278 g/mol. The van der Waals surface area contributed by atoms with Crippen LogP contribution in [0.2, 0.25) is 0 Å². The monoisotopic (exact) mass is 278 g/mol. The molecule has 1 aromatic rings. The lowest BCUT2D eigenvalue weighted by atomic mass is 10.1. The van der Waals surface area contributed by atoms with E-state index in [2.05, 4.69) is 0 Å². The van der Waals surface area contributed by atoms with Gasteiger partial charge < -0.3 is 21.3 Å². The number of carbonyl (C=O) groups excluding carboxylic acids is 2. The molecule has 6 heteroatoms. The highest BCUT2D eigenvalue weighted by Gasteiger charge is 2.19. The summed E-state index contributed by atoms with van der Waals surface area (Å²) in [4.78, 5) is 27.3. The zero-order chi connectivity index (χ0) is 15.3. The highest BCUT2D eigenvalue weighted by atomic mass is 16.2. The van der Waals surface area contributed by atoms with E-state index in [1.807, 2.05) is 13.8 Å². The van der Waals surface area contributed by atoms with Crippen molar-refractivity contribution in [1.29, 1.82) is 0 Å². The SMILES string of the molecule is CCN(CC)C(=O)CN(C)C(=O)c1ccc(N)cc1N. The summed E-state index contributed by atoms with van der Waals surface area (Å²) in [6, 6.07) is 4.72. The third kappa shape index (κ3) is 3.63. The van der Waals surface area contributed by atoms with Crippen molar-refractivity contribution in [1.82, 2.24) is 9.80 Å². The molecule has 110 valence electrons. The Balaban J connectivity index is 2.79. The zero-order valence-corrected chi connectivity index (χ0v) is 12.2. The molecule has 0 heterocycles. The molecule has 6 nitrogen and oxygen atoms in total. The van der Waals surface area contributed by atoms with Gasteiger partial charge in [0.1, 0.15) is 0 Å². The smallest absolute Gasteiger partial charge is 0.256 e. The highest BCUT2D eigenvalue weighted by molar-refractivity contribution is 6.01. The van der Waals surface area contributed by atoms with Crippen molar-refractivity contribution < 1.29 is 9.59 Å². The van der Waals surface area contributed by atoms with E-state index in [0.717, 1.165) is 0 Å². The lowest BCUT2D eigenvalue weighted by Crippen LogP contribution is -2.41. The van der Waals surface area contributed by atoms with Crippen LogP contribution in [0.25, 0.3) is 0 Å². The summed E-state index contributed by atoms with van der Waals surface area (Å²) in [6.07, 6.45) is 0. The molecular weight excluding hydrogens is 256 g/mol. The predicted molar refractivity (Wildman–Crippen MR) is 80.2 cm³/mol. The van der Waals surface area contributed by atoms with Crippen molar-refractivity contribution in [3.63, 3.8) is 0 Å². The normalized spacial score (nSPS) is 10.2. The molecule has 0 aliphatic carbocycles. The van der Waals surface area contributed by atoms with Gasteiger partial charge in [0.2, 0.25) is 5.91 Å². The van der Waals surface area contributed by atoms with E-state index in [1.54, 1.807) is 24.1 Å². The van der Waals surface area contributed by atoms with Crippen LogP contribution < -0.4 is 11.5 Å². The van der Waals surface area contributed by atoms with Gasteiger partial charge in [-0.25, -0.2) is 0 Å². The minimum absolute atomic E-state index is 0.0321. The number of rotatable bonds is 5. The summed E-state index contributed by atoms with van der Waals surface area (Å²) in [5.41, 5.74) is 12.5. The second kappa shape index (κ2) is 6.79. The number of hydrogen-bond acceptors (Lipinski definition) is 4. The maximum atomic E-state index is 12.2. The van der Waals surface area contributed by atoms with Gasteiger partial charge in [-0.15, -0.1) is 0 Å². The van der Waals surface area contributed by atoms with E-state index in [4.69, 9.17) is 11.5 Å². The van der Waals surface area contributed by atoms with Crippen molar-refractivity contribution in [2.24, 2.45) is 0 Å². The summed E-state index contributed by atoms with van der Waals surface area (Å²) in [5.74, 6) is -0.372. The Hall–Kier alpha value is -2.24. The van der Waals surface area contributed by atoms with E-state index in [0.29, 0.717) is 30.0 Å². The lowest BCUT2D eigenvalue weighted by molar-refractivity contribution is -0.131. The fourth-order valence-corrected chi connectivity index (χ4v) is 1.93. The van der Waals surface area contributed by atoms with Crippen molar-refractivity contribution in [2.45, 2.75) is 13.8 Å².